The first-order valence-corrected chi connectivity index (χ1v) is 5.15. The third-order valence-electron chi connectivity index (χ3n) is 2.09. The van der Waals surface area contributed by atoms with Crippen LogP contribution in [0.15, 0.2) is 24.8 Å². The molecule has 1 radical (unpaired) electrons. The molecule has 2 heteroatoms. The van der Waals surface area contributed by atoms with Crippen LogP contribution in [0, 0.1) is 6.08 Å². The first-order valence-electron chi connectivity index (χ1n) is 5.15. The average molecular weight is 205 g/mol. The highest BCUT2D eigenvalue weighted by atomic mass is 16.5. The van der Waals surface area contributed by atoms with Crippen molar-refractivity contribution in [3.63, 3.8) is 0 Å². The van der Waals surface area contributed by atoms with Gasteiger partial charge in [0.1, 0.15) is 11.5 Å². The average Bonchev–Trinajstić information content (AvgIpc) is 2.29. The van der Waals surface area contributed by atoms with Crippen LogP contribution in [0.5, 0.6) is 11.5 Å². The Hall–Kier alpha value is -1.44. The second-order valence-electron chi connectivity index (χ2n) is 3.28. The largest absolute Gasteiger partial charge is 0.497 e. The summed E-state index contributed by atoms with van der Waals surface area (Å²) in [6.45, 7) is 6.48. The Labute approximate surface area is 91.5 Å². The molecule has 1 aromatic carbocycles. The van der Waals surface area contributed by atoms with E-state index in [0.717, 1.165) is 36.5 Å². The summed E-state index contributed by atoms with van der Waals surface area (Å²) in [7, 11) is 1.64. The Kier molecular flexibility index (Phi) is 4.75. The monoisotopic (exact) mass is 205 g/mol. The molecule has 1 aromatic rings. The van der Waals surface area contributed by atoms with E-state index < -0.39 is 0 Å². The number of rotatable bonds is 6. The highest BCUT2D eigenvalue weighted by Gasteiger charge is 2.00. The second kappa shape index (κ2) is 6.12. The molecule has 0 bridgehead atoms. The van der Waals surface area contributed by atoms with Gasteiger partial charge in [0.2, 0.25) is 0 Å². The molecule has 81 valence electrons. The summed E-state index contributed by atoms with van der Waals surface area (Å²) < 4.78 is 10.7. The van der Waals surface area contributed by atoms with E-state index in [-0.39, 0.29) is 0 Å². The molecule has 0 heterocycles. The van der Waals surface area contributed by atoms with Crippen molar-refractivity contribution in [1.82, 2.24) is 0 Å². The van der Waals surface area contributed by atoms with Gasteiger partial charge in [-0.2, -0.15) is 0 Å². The number of methoxy groups -OCH3 is 1. The van der Waals surface area contributed by atoms with Crippen molar-refractivity contribution in [1.29, 1.82) is 0 Å². The van der Waals surface area contributed by atoms with E-state index >= 15 is 0 Å². The summed E-state index contributed by atoms with van der Waals surface area (Å²) in [5.41, 5.74) is 0.890. The van der Waals surface area contributed by atoms with Gasteiger partial charge in [-0.1, -0.05) is 19.9 Å². The SMILES string of the molecule is C=[C]c1cc(OC)cc(OCCCC)c1. The maximum atomic E-state index is 5.58. The molecule has 0 spiro atoms. The maximum absolute atomic E-state index is 5.58. The van der Waals surface area contributed by atoms with Gasteiger partial charge >= 0.3 is 0 Å². The lowest BCUT2D eigenvalue weighted by atomic mass is 10.2. The van der Waals surface area contributed by atoms with Gasteiger partial charge in [-0.3, -0.25) is 0 Å². The molecule has 0 N–H and O–H groups in total. The van der Waals surface area contributed by atoms with E-state index in [4.69, 9.17) is 9.47 Å². The number of hydrogen-bond donors (Lipinski definition) is 0. The van der Waals surface area contributed by atoms with E-state index in [0.29, 0.717) is 0 Å². The fraction of sp³-hybridized carbons (Fsp3) is 0.385. The standard InChI is InChI=1S/C13H17O2/c1-4-6-7-15-13-9-11(5-2)8-12(10-13)14-3/h8-10H,2,4,6-7H2,1,3H3. The number of ether oxygens (including phenoxy) is 2. The van der Waals surface area contributed by atoms with Gasteiger partial charge in [0, 0.05) is 6.07 Å². The Morgan fingerprint density at radius 2 is 2.00 bits per heavy atom. The maximum Gasteiger partial charge on any atom is 0.123 e. The van der Waals surface area contributed by atoms with Gasteiger partial charge in [0.15, 0.2) is 0 Å². The molecule has 0 aliphatic carbocycles. The highest BCUT2D eigenvalue weighted by molar-refractivity contribution is 5.40. The van der Waals surface area contributed by atoms with Crippen molar-refractivity contribution >= 4 is 0 Å². The molecular formula is C13H17O2. The zero-order valence-corrected chi connectivity index (χ0v) is 9.38. The van der Waals surface area contributed by atoms with Crippen molar-refractivity contribution in [2.45, 2.75) is 19.8 Å². The fourth-order valence-corrected chi connectivity index (χ4v) is 1.21. The normalized spacial score (nSPS) is 9.73. The molecule has 1 rings (SSSR count). The van der Waals surface area contributed by atoms with E-state index in [1.165, 1.54) is 0 Å². The van der Waals surface area contributed by atoms with Crippen molar-refractivity contribution in [2.24, 2.45) is 0 Å². The lowest BCUT2D eigenvalue weighted by Gasteiger charge is -2.08. The predicted molar refractivity (Wildman–Crippen MR) is 61.4 cm³/mol. The predicted octanol–water partition coefficient (Wildman–Crippen LogP) is 3.21. The number of unbranched alkanes of at least 4 members (excludes halogenated alkanes) is 1. The van der Waals surface area contributed by atoms with E-state index in [1.807, 2.05) is 18.2 Å². The topological polar surface area (TPSA) is 18.5 Å². The Morgan fingerprint density at radius 1 is 1.27 bits per heavy atom. The molecule has 0 atom stereocenters. The lowest BCUT2D eigenvalue weighted by Crippen LogP contribution is -1.97. The highest BCUT2D eigenvalue weighted by Crippen LogP contribution is 2.22. The Balaban J connectivity index is 2.73. The van der Waals surface area contributed by atoms with Gasteiger partial charge < -0.3 is 9.47 Å². The number of hydrogen-bond acceptors (Lipinski definition) is 2. The van der Waals surface area contributed by atoms with Gasteiger partial charge in [-0.25, -0.2) is 0 Å². The van der Waals surface area contributed by atoms with Crippen LogP contribution in [0.1, 0.15) is 25.3 Å². The van der Waals surface area contributed by atoms with E-state index in [1.54, 1.807) is 7.11 Å². The molecule has 0 saturated carbocycles. The van der Waals surface area contributed by atoms with Crippen LogP contribution < -0.4 is 9.47 Å². The van der Waals surface area contributed by atoms with E-state index in [2.05, 4.69) is 19.6 Å². The lowest BCUT2D eigenvalue weighted by molar-refractivity contribution is 0.307. The zero-order chi connectivity index (χ0) is 11.1. The third kappa shape index (κ3) is 3.66. The van der Waals surface area contributed by atoms with Crippen LogP contribution in [0.25, 0.3) is 0 Å². The molecule has 0 aliphatic rings. The minimum atomic E-state index is 0.736. The van der Waals surface area contributed by atoms with Crippen molar-refractivity contribution < 1.29 is 9.47 Å². The van der Waals surface area contributed by atoms with E-state index in [9.17, 15) is 0 Å². The summed E-state index contributed by atoms with van der Waals surface area (Å²) in [4.78, 5) is 0. The first kappa shape index (κ1) is 11.6. The molecule has 0 unspecified atom stereocenters. The molecule has 0 saturated heterocycles. The minimum Gasteiger partial charge on any atom is -0.497 e. The fourth-order valence-electron chi connectivity index (χ4n) is 1.21. The minimum absolute atomic E-state index is 0.736. The van der Waals surface area contributed by atoms with Crippen molar-refractivity contribution in [3.8, 4) is 11.5 Å². The summed E-state index contributed by atoms with van der Waals surface area (Å²) in [6, 6.07) is 5.65. The van der Waals surface area contributed by atoms with Crippen LogP contribution in [0.2, 0.25) is 0 Å². The third-order valence-corrected chi connectivity index (χ3v) is 2.09. The number of benzene rings is 1. The van der Waals surface area contributed by atoms with Gasteiger partial charge in [0.25, 0.3) is 0 Å². The zero-order valence-electron chi connectivity index (χ0n) is 9.38. The molecular weight excluding hydrogens is 188 g/mol. The van der Waals surface area contributed by atoms with Crippen molar-refractivity contribution in [3.05, 3.63) is 36.4 Å². The summed E-state index contributed by atoms with van der Waals surface area (Å²) >= 11 is 0. The molecule has 0 aromatic heterocycles. The Morgan fingerprint density at radius 3 is 2.60 bits per heavy atom. The first-order chi connectivity index (χ1) is 7.30. The van der Waals surface area contributed by atoms with Crippen LogP contribution in [0.4, 0.5) is 0 Å². The van der Waals surface area contributed by atoms with Crippen LogP contribution in [-0.4, -0.2) is 13.7 Å². The molecule has 0 aliphatic heterocycles. The smallest absolute Gasteiger partial charge is 0.123 e. The molecule has 0 fully saturated rings. The molecule has 2 nitrogen and oxygen atoms in total. The summed E-state index contributed by atoms with van der Waals surface area (Å²) in [5.74, 6) is 1.59. The summed E-state index contributed by atoms with van der Waals surface area (Å²) in [5, 5.41) is 0. The van der Waals surface area contributed by atoms with Gasteiger partial charge in [-0.15, -0.1) is 0 Å². The van der Waals surface area contributed by atoms with Crippen LogP contribution >= 0.6 is 0 Å². The molecule has 0 amide bonds. The van der Waals surface area contributed by atoms with Gasteiger partial charge in [-0.05, 0) is 30.2 Å². The molecule has 15 heavy (non-hydrogen) atoms. The van der Waals surface area contributed by atoms with Gasteiger partial charge in [0.05, 0.1) is 13.7 Å². The second-order valence-corrected chi connectivity index (χ2v) is 3.28. The van der Waals surface area contributed by atoms with Crippen LogP contribution in [-0.2, 0) is 0 Å². The Bertz CT molecular complexity index is 318. The van der Waals surface area contributed by atoms with Crippen LogP contribution in [0.3, 0.4) is 0 Å². The quantitative estimate of drug-likeness (QED) is 0.664. The summed E-state index contributed by atoms with van der Waals surface area (Å²) in [6.07, 6.45) is 5.01. The van der Waals surface area contributed by atoms with Crippen molar-refractivity contribution in [2.75, 3.05) is 13.7 Å².